The van der Waals surface area contributed by atoms with E-state index >= 15 is 0 Å². The molecule has 0 amide bonds. The highest BCUT2D eigenvalue weighted by Gasteiger charge is 2.40. The number of carbonyl (C=O) groups is 2. The third-order valence-electron chi connectivity index (χ3n) is 6.74. The zero-order chi connectivity index (χ0) is 31.0. The second kappa shape index (κ2) is 14.2. The van der Waals surface area contributed by atoms with Gasteiger partial charge in [-0.25, -0.2) is 9.78 Å². The van der Waals surface area contributed by atoms with Crippen LogP contribution in [0.15, 0.2) is 35.2 Å². The van der Waals surface area contributed by atoms with Gasteiger partial charge in [-0.2, -0.15) is 13.2 Å². The molecule has 0 aliphatic carbocycles. The molecule has 42 heavy (non-hydrogen) atoms. The van der Waals surface area contributed by atoms with Gasteiger partial charge in [0.2, 0.25) is 0 Å². The first-order valence-corrected chi connectivity index (χ1v) is 13.5. The third-order valence-corrected chi connectivity index (χ3v) is 6.74. The van der Waals surface area contributed by atoms with Crippen LogP contribution in [0.4, 0.5) is 18.9 Å². The Labute approximate surface area is 241 Å². The molecule has 0 bridgehead atoms. The largest absolute Gasteiger partial charge is 0.496 e. The summed E-state index contributed by atoms with van der Waals surface area (Å²) < 4.78 is 49.2. The average molecular weight is 602 g/mol. The number of hydrogen-bond acceptors (Lipinski definition) is 10. The molecule has 4 N–H and O–H groups in total. The van der Waals surface area contributed by atoms with Gasteiger partial charge in [-0.3, -0.25) is 19.9 Å². The molecule has 2 aromatic rings. The van der Waals surface area contributed by atoms with Gasteiger partial charge in [0, 0.05) is 56.4 Å². The predicted molar refractivity (Wildman–Crippen MR) is 146 cm³/mol. The van der Waals surface area contributed by atoms with Gasteiger partial charge in [0.05, 0.1) is 32.0 Å². The van der Waals surface area contributed by atoms with E-state index in [9.17, 15) is 18.0 Å². The number of oxazole rings is 1. The molecule has 3 heterocycles. The topological polar surface area (TPSA) is 150 Å². The summed E-state index contributed by atoms with van der Waals surface area (Å²) in [6.45, 7) is 9.21. The Kier molecular flexibility index (Phi) is 11.2. The summed E-state index contributed by atoms with van der Waals surface area (Å²) in [4.78, 5) is 28.3. The summed E-state index contributed by atoms with van der Waals surface area (Å²) in [6.07, 6.45) is 0.906. The number of methoxy groups -OCH3 is 1. The number of hydrogen-bond donors (Lipinski definition) is 4. The number of nitrogens with one attached hydrogen (secondary N) is 2. The van der Waals surface area contributed by atoms with Gasteiger partial charge in [0.1, 0.15) is 5.75 Å². The molecule has 1 unspecified atom stereocenters. The summed E-state index contributed by atoms with van der Waals surface area (Å²) in [5.74, 6) is -2.89. The molecule has 1 aromatic carbocycles. The van der Waals surface area contributed by atoms with Gasteiger partial charge in [0.15, 0.2) is 18.0 Å². The molecule has 15 heteroatoms. The molecule has 2 saturated heterocycles. The van der Waals surface area contributed by atoms with Crippen LogP contribution in [0, 0.1) is 0 Å². The van der Waals surface area contributed by atoms with Crippen LogP contribution in [0.25, 0.3) is 11.3 Å². The van der Waals surface area contributed by atoms with Crippen LogP contribution in [0.3, 0.4) is 0 Å². The fourth-order valence-electron chi connectivity index (χ4n) is 5.02. The first kappa shape index (κ1) is 33.1. The number of carboxylic acid groups (broad SMARTS) is 2. The molecule has 0 saturated carbocycles. The Bertz CT molecular complexity index is 1160. The average Bonchev–Trinajstić information content (AvgIpc) is 3.44. The van der Waals surface area contributed by atoms with Crippen molar-refractivity contribution in [1.29, 1.82) is 0 Å². The zero-order valence-electron chi connectivity index (χ0n) is 23.9. The van der Waals surface area contributed by atoms with Crippen molar-refractivity contribution in [2.24, 2.45) is 0 Å². The lowest BCUT2D eigenvalue weighted by Crippen LogP contribution is -2.66. The van der Waals surface area contributed by atoms with Crippen molar-refractivity contribution in [3.63, 3.8) is 0 Å². The van der Waals surface area contributed by atoms with E-state index < -0.39 is 24.0 Å². The van der Waals surface area contributed by atoms with Crippen LogP contribution in [0.5, 0.6) is 5.75 Å². The summed E-state index contributed by atoms with van der Waals surface area (Å²) in [5, 5.41) is 23.6. The van der Waals surface area contributed by atoms with E-state index in [1.54, 1.807) is 13.3 Å². The number of alkyl halides is 3. The third kappa shape index (κ3) is 9.86. The van der Waals surface area contributed by atoms with Crippen molar-refractivity contribution in [3.05, 3.63) is 30.8 Å². The minimum Gasteiger partial charge on any atom is -0.496 e. The van der Waals surface area contributed by atoms with Crippen LogP contribution in [-0.4, -0.2) is 107 Å². The summed E-state index contributed by atoms with van der Waals surface area (Å²) in [7, 11) is 1.64. The number of aliphatic carboxylic acids is 2. The van der Waals surface area contributed by atoms with Crippen molar-refractivity contribution in [2.45, 2.75) is 50.7 Å². The Morgan fingerprint density at radius 2 is 1.79 bits per heavy atom. The number of aromatic nitrogens is 1. The smallest absolute Gasteiger partial charge is 0.490 e. The van der Waals surface area contributed by atoms with Gasteiger partial charge < -0.3 is 29.4 Å². The van der Waals surface area contributed by atoms with Gasteiger partial charge in [-0.1, -0.05) is 0 Å². The number of nitrogens with zero attached hydrogens (tertiary/aromatic N) is 3. The first-order chi connectivity index (χ1) is 19.7. The van der Waals surface area contributed by atoms with Crippen LogP contribution in [0.2, 0.25) is 0 Å². The van der Waals surface area contributed by atoms with Crippen LogP contribution in [-0.2, 0) is 14.3 Å². The molecule has 12 nitrogen and oxygen atoms in total. The number of rotatable bonds is 10. The number of benzene rings is 1. The van der Waals surface area contributed by atoms with E-state index in [-0.39, 0.29) is 12.1 Å². The molecule has 0 radical (unpaired) electrons. The fourth-order valence-corrected chi connectivity index (χ4v) is 5.02. The second-order valence-electron chi connectivity index (χ2n) is 10.8. The lowest BCUT2D eigenvalue weighted by molar-refractivity contribution is -0.192. The van der Waals surface area contributed by atoms with E-state index in [2.05, 4.69) is 34.4 Å². The SMILES string of the molecule is COc1cc(NC2(NC(C)(C)CN3CCN(CC(=O)O)CC3)CCCCO2)ccc1-c1cnco1.O=C(O)C(F)(F)F. The Morgan fingerprint density at radius 1 is 1.12 bits per heavy atom. The van der Waals surface area contributed by atoms with E-state index in [1.165, 1.54) is 6.39 Å². The molecular formula is C27H38F3N5O7. The van der Waals surface area contributed by atoms with Gasteiger partial charge in [-0.15, -0.1) is 0 Å². The summed E-state index contributed by atoms with van der Waals surface area (Å²) >= 11 is 0. The second-order valence-corrected chi connectivity index (χ2v) is 10.8. The highest BCUT2D eigenvalue weighted by Crippen LogP contribution is 2.35. The highest BCUT2D eigenvalue weighted by atomic mass is 19.4. The predicted octanol–water partition coefficient (Wildman–Crippen LogP) is 3.32. The zero-order valence-corrected chi connectivity index (χ0v) is 23.9. The van der Waals surface area contributed by atoms with E-state index in [1.807, 2.05) is 23.1 Å². The number of anilines is 1. The molecule has 2 aliphatic rings. The van der Waals surface area contributed by atoms with Crippen molar-refractivity contribution >= 4 is 17.6 Å². The maximum atomic E-state index is 11.0. The lowest BCUT2D eigenvalue weighted by atomic mass is 9.99. The van der Waals surface area contributed by atoms with Gasteiger partial charge in [0.25, 0.3) is 0 Å². The first-order valence-electron chi connectivity index (χ1n) is 13.5. The minimum absolute atomic E-state index is 0.106. The maximum absolute atomic E-state index is 11.0. The number of carboxylic acids is 2. The van der Waals surface area contributed by atoms with Crippen molar-refractivity contribution in [2.75, 3.05) is 58.3 Å². The van der Waals surface area contributed by atoms with E-state index in [4.69, 9.17) is 28.9 Å². The van der Waals surface area contributed by atoms with Crippen molar-refractivity contribution in [3.8, 4) is 17.1 Å². The molecule has 1 atom stereocenters. The Morgan fingerprint density at radius 3 is 2.31 bits per heavy atom. The van der Waals surface area contributed by atoms with Crippen molar-refractivity contribution in [1.82, 2.24) is 20.1 Å². The fraction of sp³-hybridized carbons (Fsp3) is 0.593. The Hall–Kier alpha value is -3.40. The van der Waals surface area contributed by atoms with Crippen molar-refractivity contribution < 1.29 is 46.9 Å². The minimum atomic E-state index is -5.08. The van der Waals surface area contributed by atoms with Crippen LogP contribution >= 0.6 is 0 Å². The number of piperazine rings is 1. The standard InChI is InChI=1S/C25H37N5O5.C2HF3O2/c1-24(2,17-30-11-9-29(10-12-30)16-23(31)32)28-25(8-4-5-13-35-25)27-19-6-7-20(21(14-19)33-3)22-15-26-18-34-22;3-2(4,5)1(6)7/h6-7,14-15,18,27-28H,4-5,8-13,16-17H2,1-3H3,(H,31,32);(H,6,7). The summed E-state index contributed by atoms with van der Waals surface area (Å²) in [6, 6.07) is 5.91. The molecular weight excluding hydrogens is 563 g/mol. The molecule has 4 rings (SSSR count). The van der Waals surface area contributed by atoms with Crippen LogP contribution in [0.1, 0.15) is 33.1 Å². The van der Waals surface area contributed by atoms with E-state index in [0.29, 0.717) is 18.1 Å². The lowest BCUT2D eigenvalue weighted by Gasteiger charge is -2.46. The van der Waals surface area contributed by atoms with Gasteiger partial charge in [-0.05, 0) is 38.8 Å². The quantitative estimate of drug-likeness (QED) is 0.296. The van der Waals surface area contributed by atoms with Crippen LogP contribution < -0.4 is 15.4 Å². The number of ether oxygens (including phenoxy) is 2. The molecule has 1 aromatic heterocycles. The Balaban J connectivity index is 0.000000616. The monoisotopic (exact) mass is 601 g/mol. The number of halogens is 3. The molecule has 0 spiro atoms. The maximum Gasteiger partial charge on any atom is 0.490 e. The molecule has 234 valence electrons. The van der Waals surface area contributed by atoms with Gasteiger partial charge >= 0.3 is 18.1 Å². The van der Waals surface area contributed by atoms with E-state index in [0.717, 1.165) is 63.2 Å². The molecule has 2 aliphatic heterocycles. The summed E-state index contributed by atoms with van der Waals surface area (Å²) in [5.41, 5.74) is 1.48. The molecule has 2 fully saturated rings. The highest BCUT2D eigenvalue weighted by molar-refractivity contribution is 5.73. The normalized spacial score (nSPS) is 20.3.